The Labute approximate surface area is 216 Å². The van der Waals surface area contributed by atoms with Crippen LogP contribution in [0.3, 0.4) is 0 Å². The van der Waals surface area contributed by atoms with Crippen LogP contribution in [-0.2, 0) is 28.8 Å². The third-order valence-corrected chi connectivity index (χ3v) is 8.06. The number of rotatable bonds is 7. The van der Waals surface area contributed by atoms with Crippen molar-refractivity contribution in [2.24, 2.45) is 0 Å². The Hall–Kier alpha value is -3.65. The lowest BCUT2D eigenvalue weighted by Gasteiger charge is -2.42. The van der Waals surface area contributed by atoms with Crippen LogP contribution in [0.15, 0.2) is 30.3 Å². The molecule has 37 heavy (non-hydrogen) atoms. The number of benzene rings is 1. The maximum absolute atomic E-state index is 13.1. The Kier molecular flexibility index (Phi) is 7.15. The molecule has 4 atom stereocenters. The lowest BCUT2D eigenvalue weighted by molar-refractivity contribution is -0.184. The summed E-state index contributed by atoms with van der Waals surface area (Å²) in [6.07, 6.45) is -1.11. The first-order valence-corrected chi connectivity index (χ1v) is 12.5. The number of imide groups is 1. The molecular formula is C23H27N5O8S. The highest BCUT2D eigenvalue weighted by molar-refractivity contribution is 8.01. The molecule has 0 aliphatic carbocycles. The Balaban J connectivity index is 1.44. The standard InChI is InChI=1S/C23H27N5O8S/c1-4-26-10-11-27(19(32)18(26)31)22(35)24-13(12-8-6-5-7-9-12)16(29)25-36-14-17(30)28-15(21(33)34)23(2,3)37-20(14)28/h5-9,13-15,20H,4,10-11H2,1-3H3,(H,24,35)(H,25,29)(H,33,34)/t13-,14-,15+,20?/m1/s1. The molecule has 198 valence electrons. The number of carboxylic acid groups (broad SMARTS) is 1. The van der Waals surface area contributed by atoms with Crippen molar-refractivity contribution in [2.45, 2.75) is 49.1 Å². The van der Waals surface area contributed by atoms with Crippen molar-refractivity contribution in [2.75, 3.05) is 19.6 Å². The van der Waals surface area contributed by atoms with Gasteiger partial charge < -0.3 is 20.2 Å². The fraction of sp³-hybridized carbons (Fsp3) is 0.478. The monoisotopic (exact) mass is 533 g/mol. The van der Waals surface area contributed by atoms with Gasteiger partial charge in [-0.05, 0) is 26.3 Å². The molecule has 4 rings (SSSR count). The number of β-lactam (4-membered cyclic amide) rings is 1. The van der Waals surface area contributed by atoms with E-state index in [2.05, 4.69) is 10.8 Å². The van der Waals surface area contributed by atoms with E-state index in [-0.39, 0.29) is 13.1 Å². The molecule has 0 spiro atoms. The van der Waals surface area contributed by atoms with Gasteiger partial charge in [0.25, 0.3) is 11.8 Å². The summed E-state index contributed by atoms with van der Waals surface area (Å²) in [5, 5.41) is 11.4. The number of hydrogen-bond acceptors (Lipinski definition) is 8. The van der Waals surface area contributed by atoms with E-state index < -0.39 is 63.9 Å². The Morgan fingerprint density at radius 2 is 1.81 bits per heavy atom. The number of nitrogens with zero attached hydrogens (tertiary/aromatic N) is 3. The lowest BCUT2D eigenvalue weighted by Crippen LogP contribution is -2.67. The number of carboxylic acids is 1. The van der Waals surface area contributed by atoms with Gasteiger partial charge in [0.05, 0.1) is 0 Å². The molecule has 3 aliphatic rings. The number of thioether (sulfide) groups is 1. The van der Waals surface area contributed by atoms with E-state index >= 15 is 0 Å². The smallest absolute Gasteiger partial charge is 0.327 e. The Morgan fingerprint density at radius 3 is 2.43 bits per heavy atom. The minimum absolute atomic E-state index is 0.0320. The zero-order valence-electron chi connectivity index (χ0n) is 20.4. The molecule has 14 heteroatoms. The highest BCUT2D eigenvalue weighted by atomic mass is 32.2. The van der Waals surface area contributed by atoms with Gasteiger partial charge in [0.2, 0.25) is 0 Å². The van der Waals surface area contributed by atoms with Gasteiger partial charge in [-0.2, -0.15) is 0 Å². The minimum Gasteiger partial charge on any atom is -0.480 e. The zero-order chi connectivity index (χ0) is 27.1. The van der Waals surface area contributed by atoms with Crippen LogP contribution in [0.1, 0.15) is 32.4 Å². The number of aliphatic carboxylic acids is 1. The molecule has 3 saturated heterocycles. The summed E-state index contributed by atoms with van der Waals surface area (Å²) in [6, 6.07) is 4.89. The van der Waals surface area contributed by atoms with Crippen LogP contribution < -0.4 is 10.8 Å². The first-order valence-electron chi connectivity index (χ1n) is 11.6. The second-order valence-corrected chi connectivity index (χ2v) is 11.0. The van der Waals surface area contributed by atoms with Gasteiger partial charge in [0, 0.05) is 24.4 Å². The maximum atomic E-state index is 13.1. The van der Waals surface area contributed by atoms with Gasteiger partial charge in [0.15, 0.2) is 6.10 Å². The normalized spacial score (nSPS) is 25.3. The number of amides is 6. The number of fused-ring (bicyclic) bond motifs is 1. The summed E-state index contributed by atoms with van der Waals surface area (Å²) in [5.74, 6) is -4.33. The number of hydrogen-bond donors (Lipinski definition) is 3. The van der Waals surface area contributed by atoms with Crippen molar-refractivity contribution in [1.29, 1.82) is 0 Å². The number of piperazine rings is 1. The summed E-state index contributed by atoms with van der Waals surface area (Å²) in [7, 11) is 0. The summed E-state index contributed by atoms with van der Waals surface area (Å²) in [4.78, 5) is 83.6. The van der Waals surface area contributed by atoms with Crippen LogP contribution in [0, 0.1) is 0 Å². The van der Waals surface area contributed by atoms with Crippen LogP contribution in [0.4, 0.5) is 4.79 Å². The molecule has 0 bridgehead atoms. The van der Waals surface area contributed by atoms with Crippen LogP contribution in [0.5, 0.6) is 0 Å². The van der Waals surface area contributed by atoms with Gasteiger partial charge in [-0.3, -0.25) is 28.9 Å². The average Bonchev–Trinajstić information content (AvgIpc) is 3.12. The summed E-state index contributed by atoms with van der Waals surface area (Å²) >= 11 is 1.25. The molecule has 0 saturated carbocycles. The maximum Gasteiger partial charge on any atom is 0.327 e. The predicted octanol–water partition coefficient (Wildman–Crippen LogP) is -0.309. The molecule has 13 nitrogen and oxygen atoms in total. The zero-order valence-corrected chi connectivity index (χ0v) is 21.2. The largest absolute Gasteiger partial charge is 0.480 e. The van der Waals surface area contributed by atoms with Crippen LogP contribution in [-0.4, -0.2) is 97.3 Å². The second-order valence-electron chi connectivity index (χ2n) is 9.24. The van der Waals surface area contributed by atoms with E-state index in [1.54, 1.807) is 51.1 Å². The molecule has 1 unspecified atom stereocenters. The van der Waals surface area contributed by atoms with Crippen LogP contribution >= 0.6 is 11.8 Å². The van der Waals surface area contributed by atoms with Gasteiger partial charge >= 0.3 is 23.8 Å². The SMILES string of the molecule is CCN1CCN(C(=O)N[C@@H](C(=O)NO[C@@H]2C(=O)N3C2SC(C)(C)[C@@H]3C(=O)O)c2ccccc2)C(=O)C1=O. The van der Waals surface area contributed by atoms with E-state index in [9.17, 15) is 33.9 Å². The number of urea groups is 1. The van der Waals surface area contributed by atoms with E-state index in [4.69, 9.17) is 4.84 Å². The quantitative estimate of drug-likeness (QED) is 0.242. The topological polar surface area (TPSA) is 166 Å². The van der Waals surface area contributed by atoms with Crippen molar-refractivity contribution >= 4 is 47.4 Å². The molecule has 6 amide bonds. The van der Waals surface area contributed by atoms with E-state index in [1.165, 1.54) is 21.6 Å². The molecular weight excluding hydrogens is 506 g/mol. The van der Waals surface area contributed by atoms with Gasteiger partial charge in [-0.1, -0.05) is 30.3 Å². The van der Waals surface area contributed by atoms with Crippen LogP contribution in [0.2, 0.25) is 0 Å². The second kappa shape index (κ2) is 10.0. The van der Waals surface area contributed by atoms with Gasteiger partial charge in [-0.15, -0.1) is 11.8 Å². The summed E-state index contributed by atoms with van der Waals surface area (Å²) < 4.78 is -0.763. The summed E-state index contributed by atoms with van der Waals surface area (Å²) in [6.45, 7) is 5.61. The molecule has 0 radical (unpaired) electrons. The molecule has 0 aromatic heterocycles. The van der Waals surface area contributed by atoms with E-state index in [0.29, 0.717) is 12.1 Å². The first-order chi connectivity index (χ1) is 17.5. The van der Waals surface area contributed by atoms with Crippen molar-refractivity contribution in [3.8, 4) is 0 Å². The van der Waals surface area contributed by atoms with E-state index in [1.807, 2.05) is 0 Å². The molecule has 1 aromatic rings. The molecule has 3 aliphatic heterocycles. The van der Waals surface area contributed by atoms with Crippen molar-refractivity contribution in [3.05, 3.63) is 35.9 Å². The molecule has 3 heterocycles. The van der Waals surface area contributed by atoms with Gasteiger partial charge in [0.1, 0.15) is 17.5 Å². The summed E-state index contributed by atoms with van der Waals surface area (Å²) in [5.41, 5.74) is 2.57. The Morgan fingerprint density at radius 1 is 1.14 bits per heavy atom. The highest BCUT2D eigenvalue weighted by Gasteiger charge is 2.65. The average molecular weight is 534 g/mol. The number of likely N-dealkylation sites (N-methyl/N-ethyl adjacent to an activating group) is 1. The van der Waals surface area contributed by atoms with E-state index in [0.717, 1.165) is 4.90 Å². The van der Waals surface area contributed by atoms with Crippen molar-refractivity contribution in [1.82, 2.24) is 25.5 Å². The highest BCUT2D eigenvalue weighted by Crippen LogP contribution is 2.51. The third-order valence-electron chi connectivity index (χ3n) is 6.51. The predicted molar refractivity (Wildman–Crippen MR) is 128 cm³/mol. The lowest BCUT2D eigenvalue weighted by atomic mass is 9.97. The third kappa shape index (κ3) is 4.73. The number of nitrogens with one attached hydrogen (secondary N) is 2. The number of hydroxylamine groups is 1. The first kappa shape index (κ1) is 26.4. The molecule has 1 aromatic carbocycles. The van der Waals surface area contributed by atoms with Crippen LogP contribution in [0.25, 0.3) is 0 Å². The Bertz CT molecular complexity index is 1150. The fourth-order valence-electron chi connectivity index (χ4n) is 4.58. The van der Waals surface area contributed by atoms with Crippen molar-refractivity contribution in [3.63, 3.8) is 0 Å². The number of carbonyl (C=O) groups is 6. The number of carbonyl (C=O) groups excluding carboxylic acids is 5. The van der Waals surface area contributed by atoms with Gasteiger partial charge in [-0.25, -0.2) is 15.1 Å². The molecule has 3 N–H and O–H groups in total. The molecule has 3 fully saturated rings. The fourth-order valence-corrected chi connectivity index (χ4v) is 6.18. The van der Waals surface area contributed by atoms with Crippen molar-refractivity contribution < 1.29 is 38.7 Å². The minimum atomic E-state index is -1.31.